The van der Waals surface area contributed by atoms with Crippen molar-refractivity contribution in [2.75, 3.05) is 37.4 Å². The predicted octanol–water partition coefficient (Wildman–Crippen LogP) is 2.44. The van der Waals surface area contributed by atoms with Crippen molar-refractivity contribution in [1.29, 1.82) is 0 Å². The van der Waals surface area contributed by atoms with Crippen LogP contribution in [-0.4, -0.2) is 26.8 Å². The first-order valence-electron chi connectivity index (χ1n) is 6.30. The molecule has 0 amide bonds. The summed E-state index contributed by atoms with van der Waals surface area (Å²) in [5, 5.41) is 0. The molecule has 94 valence electrons. The molecule has 0 spiro atoms. The molecule has 0 saturated carbocycles. The van der Waals surface area contributed by atoms with Gasteiger partial charge >= 0.3 is 0 Å². The van der Waals surface area contributed by atoms with Gasteiger partial charge in [0.15, 0.2) is 0 Å². The van der Waals surface area contributed by atoms with Gasteiger partial charge in [-0.25, -0.2) is 0 Å². The van der Waals surface area contributed by atoms with Crippen molar-refractivity contribution in [2.45, 2.75) is 19.8 Å². The highest BCUT2D eigenvalue weighted by molar-refractivity contribution is 5.58. The molecule has 2 N–H and O–H groups in total. The molecule has 3 nitrogen and oxygen atoms in total. The number of benzene rings is 1. The number of ether oxygens (including phenoxy) is 1. The molecule has 1 aromatic carbocycles. The Hall–Kier alpha value is -1.22. The number of rotatable bonds is 3. The van der Waals surface area contributed by atoms with E-state index in [1.54, 1.807) is 7.11 Å². The molecular formula is C14H22N2O. The van der Waals surface area contributed by atoms with Crippen molar-refractivity contribution in [1.82, 2.24) is 0 Å². The first-order chi connectivity index (χ1) is 8.19. The van der Waals surface area contributed by atoms with Gasteiger partial charge in [0.2, 0.25) is 0 Å². The maximum absolute atomic E-state index is 5.89. The summed E-state index contributed by atoms with van der Waals surface area (Å²) in [4.78, 5) is 2.43. The normalized spacial score (nSPS) is 17.4. The molecule has 1 aliphatic rings. The highest BCUT2D eigenvalue weighted by Gasteiger charge is 2.19. The molecule has 1 aliphatic heterocycles. The molecule has 0 unspecified atom stereocenters. The monoisotopic (exact) mass is 234 g/mol. The average molecular weight is 234 g/mol. The number of nitrogen functional groups attached to an aromatic ring is 1. The number of anilines is 2. The zero-order valence-corrected chi connectivity index (χ0v) is 10.8. The molecule has 0 atom stereocenters. The Labute approximate surface area is 104 Å². The second kappa shape index (κ2) is 5.41. The van der Waals surface area contributed by atoms with Crippen LogP contribution in [0.3, 0.4) is 0 Å². The number of nitrogens with two attached hydrogens (primary N) is 1. The van der Waals surface area contributed by atoms with Gasteiger partial charge in [0.25, 0.3) is 0 Å². The van der Waals surface area contributed by atoms with Crippen molar-refractivity contribution >= 4 is 11.4 Å². The first kappa shape index (κ1) is 12.2. The molecule has 17 heavy (non-hydrogen) atoms. The van der Waals surface area contributed by atoms with Gasteiger partial charge in [-0.2, -0.15) is 0 Å². The van der Waals surface area contributed by atoms with Crippen LogP contribution >= 0.6 is 0 Å². The lowest BCUT2D eigenvalue weighted by Crippen LogP contribution is -2.35. The maximum atomic E-state index is 5.89. The fourth-order valence-electron chi connectivity index (χ4n) is 2.57. The zero-order chi connectivity index (χ0) is 12.3. The van der Waals surface area contributed by atoms with E-state index in [0.717, 1.165) is 31.3 Å². The lowest BCUT2D eigenvalue weighted by Gasteiger charge is -2.33. The van der Waals surface area contributed by atoms with Gasteiger partial charge in [-0.15, -0.1) is 0 Å². The maximum Gasteiger partial charge on any atom is 0.0491 e. The van der Waals surface area contributed by atoms with Crippen LogP contribution in [0.5, 0.6) is 0 Å². The van der Waals surface area contributed by atoms with E-state index >= 15 is 0 Å². The first-order valence-corrected chi connectivity index (χ1v) is 6.30. The van der Waals surface area contributed by atoms with Crippen LogP contribution in [0.15, 0.2) is 18.2 Å². The fourth-order valence-corrected chi connectivity index (χ4v) is 2.57. The van der Waals surface area contributed by atoms with Gasteiger partial charge in [0, 0.05) is 38.2 Å². The summed E-state index contributed by atoms with van der Waals surface area (Å²) in [6.07, 6.45) is 2.42. The van der Waals surface area contributed by atoms with Gasteiger partial charge in [-0.05, 0) is 49.4 Å². The molecule has 0 bridgehead atoms. The summed E-state index contributed by atoms with van der Waals surface area (Å²) in [6.45, 7) is 5.20. The molecule has 0 aliphatic carbocycles. The number of hydrogen-bond donors (Lipinski definition) is 1. The van der Waals surface area contributed by atoms with Crippen molar-refractivity contribution in [2.24, 2.45) is 5.92 Å². The van der Waals surface area contributed by atoms with E-state index in [4.69, 9.17) is 10.5 Å². The topological polar surface area (TPSA) is 38.5 Å². The third-order valence-corrected chi connectivity index (χ3v) is 3.47. The molecule has 1 heterocycles. The highest BCUT2D eigenvalue weighted by atomic mass is 16.5. The fraction of sp³-hybridized carbons (Fsp3) is 0.571. The second-order valence-electron chi connectivity index (χ2n) is 4.99. The number of aryl methyl sites for hydroxylation is 1. The van der Waals surface area contributed by atoms with Crippen LogP contribution in [0.2, 0.25) is 0 Å². The van der Waals surface area contributed by atoms with E-state index in [1.807, 2.05) is 6.07 Å². The quantitative estimate of drug-likeness (QED) is 0.816. The van der Waals surface area contributed by atoms with E-state index < -0.39 is 0 Å². The average Bonchev–Trinajstić information content (AvgIpc) is 2.29. The van der Waals surface area contributed by atoms with Gasteiger partial charge in [-0.1, -0.05) is 0 Å². The molecular weight excluding hydrogens is 212 g/mol. The minimum atomic E-state index is 0.721. The molecule has 0 aromatic heterocycles. The van der Waals surface area contributed by atoms with E-state index in [2.05, 4.69) is 24.0 Å². The van der Waals surface area contributed by atoms with Crippen LogP contribution in [0.4, 0.5) is 11.4 Å². The summed E-state index contributed by atoms with van der Waals surface area (Å²) in [5.74, 6) is 0.721. The van der Waals surface area contributed by atoms with Gasteiger partial charge in [0.05, 0.1) is 0 Å². The predicted molar refractivity (Wildman–Crippen MR) is 72.4 cm³/mol. The van der Waals surface area contributed by atoms with Gasteiger partial charge in [-0.3, -0.25) is 0 Å². The Morgan fingerprint density at radius 3 is 2.59 bits per heavy atom. The molecule has 1 aromatic rings. The number of methoxy groups -OCH3 is 1. The van der Waals surface area contributed by atoms with E-state index in [-0.39, 0.29) is 0 Å². The molecule has 3 heteroatoms. The van der Waals surface area contributed by atoms with Crippen LogP contribution in [-0.2, 0) is 4.74 Å². The van der Waals surface area contributed by atoms with Crippen LogP contribution in [0.1, 0.15) is 18.4 Å². The zero-order valence-electron chi connectivity index (χ0n) is 10.8. The van der Waals surface area contributed by atoms with Crippen LogP contribution < -0.4 is 10.6 Å². The van der Waals surface area contributed by atoms with E-state index in [1.165, 1.54) is 24.1 Å². The molecule has 2 rings (SSSR count). The third-order valence-electron chi connectivity index (χ3n) is 3.47. The summed E-state index contributed by atoms with van der Waals surface area (Å²) in [5.41, 5.74) is 9.25. The Morgan fingerprint density at radius 2 is 2.00 bits per heavy atom. The standard InChI is InChI=1S/C14H22N2O/c1-11-7-13(15)9-14(8-11)16-5-3-12(4-6-16)10-17-2/h7-9,12H,3-6,10,15H2,1-2H3. The molecule has 1 saturated heterocycles. The molecule has 0 radical (unpaired) electrons. The Bertz CT molecular complexity index is 350. The Morgan fingerprint density at radius 1 is 1.29 bits per heavy atom. The van der Waals surface area contributed by atoms with Crippen molar-refractivity contribution < 1.29 is 4.74 Å². The number of piperidine rings is 1. The second-order valence-corrected chi connectivity index (χ2v) is 4.99. The summed E-state index contributed by atoms with van der Waals surface area (Å²) in [7, 11) is 1.79. The Kier molecular flexibility index (Phi) is 3.89. The summed E-state index contributed by atoms with van der Waals surface area (Å²) >= 11 is 0. The largest absolute Gasteiger partial charge is 0.399 e. The third kappa shape index (κ3) is 3.13. The van der Waals surface area contributed by atoms with Crippen LogP contribution in [0.25, 0.3) is 0 Å². The highest BCUT2D eigenvalue weighted by Crippen LogP contribution is 2.26. The van der Waals surface area contributed by atoms with E-state index in [9.17, 15) is 0 Å². The molecule has 1 fully saturated rings. The lowest BCUT2D eigenvalue weighted by molar-refractivity contribution is 0.139. The summed E-state index contributed by atoms with van der Waals surface area (Å²) in [6, 6.07) is 6.30. The van der Waals surface area contributed by atoms with Crippen molar-refractivity contribution in [3.63, 3.8) is 0 Å². The lowest BCUT2D eigenvalue weighted by atomic mass is 9.97. The van der Waals surface area contributed by atoms with Gasteiger partial charge in [0.1, 0.15) is 0 Å². The SMILES string of the molecule is COCC1CCN(c2cc(C)cc(N)c2)CC1. The summed E-state index contributed by atoms with van der Waals surface area (Å²) < 4.78 is 5.22. The number of hydrogen-bond acceptors (Lipinski definition) is 3. The van der Waals surface area contributed by atoms with Crippen LogP contribution in [0, 0.1) is 12.8 Å². The Balaban J connectivity index is 2.00. The van der Waals surface area contributed by atoms with E-state index in [0.29, 0.717) is 0 Å². The minimum Gasteiger partial charge on any atom is -0.399 e. The van der Waals surface area contributed by atoms with Crippen molar-refractivity contribution in [3.8, 4) is 0 Å². The van der Waals surface area contributed by atoms with Crippen molar-refractivity contribution in [3.05, 3.63) is 23.8 Å². The number of nitrogens with zero attached hydrogens (tertiary/aromatic N) is 1. The smallest absolute Gasteiger partial charge is 0.0491 e. The van der Waals surface area contributed by atoms with Gasteiger partial charge < -0.3 is 15.4 Å². The minimum absolute atomic E-state index is 0.721.